The van der Waals surface area contributed by atoms with Crippen LogP contribution in [0.15, 0.2) is 72.8 Å². The van der Waals surface area contributed by atoms with Gasteiger partial charge in [0.2, 0.25) is 0 Å². The summed E-state index contributed by atoms with van der Waals surface area (Å²) in [5, 5.41) is 4.83. The summed E-state index contributed by atoms with van der Waals surface area (Å²) >= 11 is 0. The first-order chi connectivity index (χ1) is 21.0. The maximum atomic E-state index is 7.74. The first-order valence-corrected chi connectivity index (χ1v) is 17.9. The zero-order valence-electron chi connectivity index (χ0n) is 26.8. The predicted octanol–water partition coefficient (Wildman–Crippen LogP) is 4.90. The Kier molecular flexibility index (Phi) is 11.5. The fourth-order valence-corrected chi connectivity index (χ4v) is 12.4. The van der Waals surface area contributed by atoms with Crippen molar-refractivity contribution in [3.05, 3.63) is 95.1 Å². The zero-order chi connectivity index (χ0) is 30.9. The van der Waals surface area contributed by atoms with Crippen LogP contribution in [0.3, 0.4) is 0 Å². The van der Waals surface area contributed by atoms with E-state index in [1.165, 1.54) is 43.0 Å². The molecule has 0 aliphatic carbocycles. The molecule has 0 heterocycles. The molecule has 4 rings (SSSR count). The van der Waals surface area contributed by atoms with E-state index >= 15 is 0 Å². The molecule has 0 bridgehead atoms. The van der Waals surface area contributed by atoms with Gasteiger partial charge in [0.25, 0.3) is 18.1 Å². The van der Waals surface area contributed by atoms with E-state index in [1.807, 2.05) is 0 Å². The van der Waals surface area contributed by atoms with Crippen LogP contribution in [-0.2, 0) is 29.8 Å². The molecule has 0 fully saturated rings. The van der Waals surface area contributed by atoms with E-state index in [-0.39, 0.29) is 0 Å². The molecular formula is C36H44O5Si2. The Bertz CT molecular complexity index is 1300. The van der Waals surface area contributed by atoms with Gasteiger partial charge >= 0.3 is 0 Å². The number of hydrogen-bond acceptors (Lipinski definition) is 5. The first kappa shape index (κ1) is 32.4. The molecule has 2 radical (unpaired) electrons. The van der Waals surface area contributed by atoms with Gasteiger partial charge in [-0.25, -0.2) is 0 Å². The van der Waals surface area contributed by atoms with E-state index in [4.69, 9.17) is 23.1 Å². The summed E-state index contributed by atoms with van der Waals surface area (Å²) in [6.07, 6.45) is 3.35. The van der Waals surface area contributed by atoms with Crippen molar-refractivity contribution in [1.29, 1.82) is 0 Å². The molecule has 7 heteroatoms. The van der Waals surface area contributed by atoms with Crippen LogP contribution >= 0.6 is 0 Å². The van der Waals surface area contributed by atoms with Crippen molar-refractivity contribution in [3.63, 3.8) is 0 Å². The number of rotatable bonds is 14. The Labute approximate surface area is 261 Å². The van der Waals surface area contributed by atoms with Crippen molar-refractivity contribution in [3.8, 4) is 23.0 Å². The molecule has 0 N–H and O–H groups in total. The van der Waals surface area contributed by atoms with E-state index in [0.717, 1.165) is 48.7 Å². The number of hydrogen-bond donors (Lipinski definition) is 0. The Morgan fingerprint density at radius 3 is 0.814 bits per heavy atom. The molecule has 4 aromatic carbocycles. The van der Waals surface area contributed by atoms with E-state index < -0.39 is 18.1 Å². The summed E-state index contributed by atoms with van der Waals surface area (Å²) in [6, 6.07) is 25.5. The van der Waals surface area contributed by atoms with Crippen LogP contribution in [0.25, 0.3) is 0 Å². The standard InChI is InChI=1S/C36H44O5Si2/c1-9-25-29(37-5)17-13-21-33(25)42(34-22-14-18-30(38-6)26(34)10-2)41-43(35-23-15-19-31(39-7)27(35)11-3)36-24-16-20-32(40-8)28(36)12-4/h13-24H,9-12H2,1-8H3. The van der Waals surface area contributed by atoms with Crippen LogP contribution in [0.1, 0.15) is 49.9 Å². The summed E-state index contributed by atoms with van der Waals surface area (Å²) in [5.74, 6) is 3.58. The minimum atomic E-state index is -1.82. The summed E-state index contributed by atoms with van der Waals surface area (Å²) in [4.78, 5) is 0. The average molecular weight is 613 g/mol. The second-order valence-electron chi connectivity index (χ2n) is 10.1. The number of benzene rings is 4. The van der Waals surface area contributed by atoms with Gasteiger partial charge in [0.05, 0.1) is 28.4 Å². The van der Waals surface area contributed by atoms with Gasteiger partial charge in [-0.2, -0.15) is 0 Å². The second-order valence-corrected chi connectivity index (χ2v) is 14.4. The lowest BCUT2D eigenvalue weighted by Crippen LogP contribution is -2.58. The topological polar surface area (TPSA) is 46.2 Å². The zero-order valence-corrected chi connectivity index (χ0v) is 28.8. The van der Waals surface area contributed by atoms with E-state index in [0.29, 0.717) is 0 Å². The molecular weight excluding hydrogens is 569 g/mol. The van der Waals surface area contributed by atoms with Crippen molar-refractivity contribution in [2.45, 2.75) is 53.4 Å². The van der Waals surface area contributed by atoms with Crippen LogP contribution in [0.2, 0.25) is 0 Å². The third kappa shape index (κ3) is 6.54. The third-order valence-electron chi connectivity index (χ3n) is 8.01. The SMILES string of the molecule is CCc1c(OC)cccc1[Si](O[Si](c1cccc(OC)c1CC)c1cccc(OC)c1CC)c1cccc(OC)c1CC. The minimum absolute atomic E-state index is 0.836. The quantitative estimate of drug-likeness (QED) is 0.190. The Morgan fingerprint density at radius 1 is 0.395 bits per heavy atom. The summed E-state index contributed by atoms with van der Waals surface area (Å²) in [6.45, 7) is 8.75. The molecule has 226 valence electrons. The highest BCUT2D eigenvalue weighted by Gasteiger charge is 2.35. The molecule has 0 saturated heterocycles. The minimum Gasteiger partial charge on any atom is -0.496 e. The largest absolute Gasteiger partial charge is 0.496 e. The summed E-state index contributed by atoms with van der Waals surface area (Å²) in [5.41, 5.74) is 4.75. The number of ether oxygens (including phenoxy) is 4. The van der Waals surface area contributed by atoms with Gasteiger partial charge in [-0.05, 0) is 92.9 Å². The van der Waals surface area contributed by atoms with Gasteiger partial charge < -0.3 is 23.1 Å². The molecule has 0 saturated carbocycles. The highest BCUT2D eigenvalue weighted by atomic mass is 28.4. The molecule has 0 unspecified atom stereocenters. The first-order valence-electron chi connectivity index (χ1n) is 15.1. The molecule has 0 aliphatic rings. The highest BCUT2D eigenvalue weighted by Crippen LogP contribution is 2.24. The van der Waals surface area contributed by atoms with Crippen molar-refractivity contribution >= 4 is 38.8 Å². The smallest absolute Gasteiger partial charge is 0.273 e. The third-order valence-corrected chi connectivity index (χ3v) is 13.5. The molecule has 4 aromatic rings. The van der Waals surface area contributed by atoms with E-state index in [2.05, 4.69) is 100 Å². The average Bonchev–Trinajstić information content (AvgIpc) is 3.07. The van der Waals surface area contributed by atoms with Gasteiger partial charge in [0.15, 0.2) is 0 Å². The Balaban J connectivity index is 2.08. The van der Waals surface area contributed by atoms with Crippen LogP contribution in [-0.4, -0.2) is 46.5 Å². The molecule has 0 aromatic heterocycles. The molecule has 5 nitrogen and oxygen atoms in total. The maximum Gasteiger partial charge on any atom is 0.273 e. The Morgan fingerprint density at radius 2 is 0.628 bits per heavy atom. The highest BCUT2D eigenvalue weighted by molar-refractivity contribution is 6.92. The van der Waals surface area contributed by atoms with Gasteiger partial charge in [-0.15, -0.1) is 0 Å². The molecule has 0 aliphatic heterocycles. The van der Waals surface area contributed by atoms with Crippen LogP contribution in [0, 0.1) is 0 Å². The molecule has 43 heavy (non-hydrogen) atoms. The molecule has 0 amide bonds. The van der Waals surface area contributed by atoms with E-state index in [1.54, 1.807) is 28.4 Å². The lowest BCUT2D eigenvalue weighted by atomic mass is 10.1. The molecule has 0 spiro atoms. The van der Waals surface area contributed by atoms with Crippen molar-refractivity contribution in [2.75, 3.05) is 28.4 Å². The lowest BCUT2D eigenvalue weighted by molar-refractivity contribution is 0.410. The van der Waals surface area contributed by atoms with Gasteiger partial charge in [-0.3, -0.25) is 0 Å². The molecule has 0 atom stereocenters. The van der Waals surface area contributed by atoms with Crippen LogP contribution in [0.5, 0.6) is 23.0 Å². The predicted molar refractivity (Wildman–Crippen MR) is 181 cm³/mol. The van der Waals surface area contributed by atoms with Crippen molar-refractivity contribution < 1.29 is 23.1 Å². The van der Waals surface area contributed by atoms with Gasteiger partial charge in [-0.1, -0.05) is 76.2 Å². The summed E-state index contributed by atoms with van der Waals surface area (Å²) in [7, 11) is 3.34. The van der Waals surface area contributed by atoms with Gasteiger partial charge in [0.1, 0.15) is 23.0 Å². The van der Waals surface area contributed by atoms with E-state index in [9.17, 15) is 0 Å². The van der Waals surface area contributed by atoms with Crippen molar-refractivity contribution in [2.24, 2.45) is 0 Å². The van der Waals surface area contributed by atoms with Gasteiger partial charge in [0, 0.05) is 0 Å². The van der Waals surface area contributed by atoms with Crippen LogP contribution < -0.4 is 39.7 Å². The number of methoxy groups -OCH3 is 4. The Hall–Kier alpha value is -3.53. The lowest BCUT2D eigenvalue weighted by Gasteiger charge is -2.29. The maximum absolute atomic E-state index is 7.74. The fraction of sp³-hybridized carbons (Fsp3) is 0.333. The normalized spacial score (nSPS) is 11.2. The summed E-state index contributed by atoms with van der Waals surface area (Å²) < 4.78 is 31.3. The van der Waals surface area contributed by atoms with Crippen molar-refractivity contribution in [1.82, 2.24) is 0 Å². The fourth-order valence-electron chi connectivity index (χ4n) is 5.95. The van der Waals surface area contributed by atoms with Crippen LogP contribution in [0.4, 0.5) is 0 Å². The second kappa shape index (κ2) is 15.3. The monoisotopic (exact) mass is 612 g/mol.